The van der Waals surface area contributed by atoms with E-state index in [1.165, 1.54) is 57.9 Å². The second-order valence-corrected chi connectivity index (χ2v) is 8.18. The fraction of sp³-hybridized carbons (Fsp3) is 1.00. The predicted octanol–water partition coefficient (Wildman–Crippen LogP) is 3.89. The third kappa shape index (κ3) is 2.25. The van der Waals surface area contributed by atoms with E-state index in [4.69, 9.17) is 4.74 Å². The Morgan fingerprint density at radius 1 is 1.05 bits per heavy atom. The molecule has 0 amide bonds. The van der Waals surface area contributed by atoms with Crippen molar-refractivity contribution in [2.75, 3.05) is 13.2 Å². The summed E-state index contributed by atoms with van der Waals surface area (Å²) in [4.78, 5) is 0. The van der Waals surface area contributed by atoms with Crippen molar-refractivity contribution in [1.29, 1.82) is 0 Å². The molecule has 0 aromatic carbocycles. The Bertz CT molecular complexity index is 319. The van der Waals surface area contributed by atoms with Crippen LogP contribution in [0.2, 0.25) is 0 Å². The Morgan fingerprint density at radius 2 is 1.79 bits per heavy atom. The molecule has 2 atom stereocenters. The summed E-state index contributed by atoms with van der Waals surface area (Å²) >= 11 is 0. The third-order valence-electron chi connectivity index (χ3n) is 6.23. The maximum Gasteiger partial charge on any atom is 0.0685 e. The second kappa shape index (κ2) is 4.73. The van der Waals surface area contributed by atoms with Gasteiger partial charge in [0.15, 0.2) is 0 Å². The highest BCUT2D eigenvalue weighted by molar-refractivity contribution is 5.09. The van der Waals surface area contributed by atoms with Crippen LogP contribution in [0.15, 0.2) is 0 Å². The molecule has 3 rings (SSSR count). The van der Waals surface area contributed by atoms with Crippen LogP contribution in [0.1, 0.15) is 72.1 Å². The zero-order chi connectivity index (χ0) is 13.6. The quantitative estimate of drug-likeness (QED) is 0.776. The lowest BCUT2D eigenvalue weighted by atomic mass is 9.61. The minimum atomic E-state index is 0.255. The van der Waals surface area contributed by atoms with Gasteiger partial charge in [-0.1, -0.05) is 33.6 Å². The van der Waals surface area contributed by atoms with Crippen LogP contribution in [-0.4, -0.2) is 24.3 Å². The first-order valence-electron chi connectivity index (χ1n) is 8.37. The normalized spacial score (nSPS) is 39.0. The van der Waals surface area contributed by atoms with Gasteiger partial charge in [0.25, 0.3) is 0 Å². The average molecular weight is 265 g/mol. The van der Waals surface area contributed by atoms with Crippen LogP contribution in [0.4, 0.5) is 0 Å². The van der Waals surface area contributed by atoms with E-state index in [0.29, 0.717) is 11.0 Å². The molecule has 2 saturated heterocycles. The van der Waals surface area contributed by atoms with Crippen molar-refractivity contribution in [1.82, 2.24) is 5.32 Å². The van der Waals surface area contributed by atoms with Crippen molar-refractivity contribution in [2.45, 2.75) is 83.3 Å². The molecule has 110 valence electrons. The molecule has 1 spiro atoms. The second-order valence-electron chi connectivity index (χ2n) is 8.18. The zero-order valence-corrected chi connectivity index (χ0v) is 13.1. The largest absolute Gasteiger partial charge is 0.375 e. The van der Waals surface area contributed by atoms with Crippen LogP contribution in [0, 0.1) is 11.3 Å². The first-order valence-corrected chi connectivity index (χ1v) is 8.37. The molecule has 19 heavy (non-hydrogen) atoms. The molecule has 2 unspecified atom stereocenters. The molecular weight excluding hydrogens is 234 g/mol. The Labute approximate surface area is 118 Å². The van der Waals surface area contributed by atoms with Crippen molar-refractivity contribution in [3.05, 3.63) is 0 Å². The molecule has 0 radical (unpaired) electrons. The number of hydrogen-bond donors (Lipinski definition) is 1. The van der Waals surface area contributed by atoms with Crippen LogP contribution in [0.25, 0.3) is 0 Å². The van der Waals surface area contributed by atoms with Crippen LogP contribution in [0.3, 0.4) is 0 Å². The van der Waals surface area contributed by atoms with Crippen molar-refractivity contribution in [3.63, 3.8) is 0 Å². The van der Waals surface area contributed by atoms with Crippen LogP contribution >= 0.6 is 0 Å². The van der Waals surface area contributed by atoms with Crippen LogP contribution < -0.4 is 5.32 Å². The Balaban J connectivity index is 1.83. The average Bonchev–Trinajstić information content (AvgIpc) is 2.98. The topological polar surface area (TPSA) is 21.3 Å². The van der Waals surface area contributed by atoms with Gasteiger partial charge in [-0.3, -0.25) is 0 Å². The molecule has 0 aromatic heterocycles. The summed E-state index contributed by atoms with van der Waals surface area (Å²) in [6, 6.07) is 0. The standard InChI is InChI=1S/C17H31NO/c1-15(2,3)17(10-6-11-18-17)14-7-12-19-16(13-14)8-4-5-9-16/h14,18H,4-13H2,1-3H3. The zero-order valence-electron chi connectivity index (χ0n) is 13.1. The number of rotatable bonds is 1. The Kier molecular flexibility index (Phi) is 3.46. The molecule has 3 aliphatic rings. The van der Waals surface area contributed by atoms with Gasteiger partial charge in [-0.25, -0.2) is 0 Å². The highest BCUT2D eigenvalue weighted by Gasteiger charge is 2.53. The molecule has 1 N–H and O–H groups in total. The van der Waals surface area contributed by atoms with E-state index in [1.54, 1.807) is 0 Å². The Morgan fingerprint density at radius 3 is 2.37 bits per heavy atom. The monoisotopic (exact) mass is 265 g/mol. The van der Waals surface area contributed by atoms with Gasteiger partial charge in [-0.2, -0.15) is 0 Å². The summed E-state index contributed by atoms with van der Waals surface area (Å²) in [5.41, 5.74) is 0.961. The summed E-state index contributed by atoms with van der Waals surface area (Å²) in [6.45, 7) is 9.50. The summed E-state index contributed by atoms with van der Waals surface area (Å²) < 4.78 is 6.25. The number of ether oxygens (including phenoxy) is 1. The van der Waals surface area contributed by atoms with E-state index in [2.05, 4.69) is 26.1 Å². The van der Waals surface area contributed by atoms with Crippen LogP contribution in [0.5, 0.6) is 0 Å². The highest BCUT2D eigenvalue weighted by atomic mass is 16.5. The van der Waals surface area contributed by atoms with E-state index in [9.17, 15) is 0 Å². The maximum atomic E-state index is 6.25. The lowest BCUT2D eigenvalue weighted by Crippen LogP contribution is -2.59. The molecule has 0 aromatic rings. The van der Waals surface area contributed by atoms with Crippen molar-refractivity contribution < 1.29 is 4.74 Å². The molecule has 1 aliphatic carbocycles. The van der Waals surface area contributed by atoms with Gasteiger partial charge in [-0.05, 0) is 56.4 Å². The minimum Gasteiger partial charge on any atom is -0.375 e. The van der Waals surface area contributed by atoms with Gasteiger partial charge in [-0.15, -0.1) is 0 Å². The van der Waals surface area contributed by atoms with Gasteiger partial charge in [0.2, 0.25) is 0 Å². The Hall–Kier alpha value is -0.0800. The van der Waals surface area contributed by atoms with Crippen molar-refractivity contribution in [3.8, 4) is 0 Å². The third-order valence-corrected chi connectivity index (χ3v) is 6.23. The first kappa shape index (κ1) is 13.9. The molecular formula is C17H31NO. The number of nitrogens with one attached hydrogen (secondary N) is 1. The van der Waals surface area contributed by atoms with E-state index in [0.717, 1.165) is 12.5 Å². The molecule has 0 bridgehead atoms. The smallest absolute Gasteiger partial charge is 0.0685 e. The van der Waals surface area contributed by atoms with Gasteiger partial charge in [0.05, 0.1) is 5.60 Å². The molecule has 3 fully saturated rings. The van der Waals surface area contributed by atoms with Gasteiger partial charge < -0.3 is 10.1 Å². The van der Waals surface area contributed by atoms with Crippen molar-refractivity contribution in [2.24, 2.45) is 11.3 Å². The first-order chi connectivity index (χ1) is 8.98. The maximum absolute atomic E-state index is 6.25. The summed E-state index contributed by atoms with van der Waals surface area (Å²) in [5.74, 6) is 0.807. The summed E-state index contributed by atoms with van der Waals surface area (Å²) in [7, 11) is 0. The fourth-order valence-electron chi connectivity index (χ4n) is 5.18. The SMILES string of the molecule is CC(C)(C)C1(C2CCOC3(CCCC3)C2)CCCN1. The molecule has 2 heterocycles. The van der Waals surface area contributed by atoms with E-state index in [-0.39, 0.29) is 5.60 Å². The van der Waals surface area contributed by atoms with Crippen LogP contribution in [-0.2, 0) is 4.74 Å². The predicted molar refractivity (Wildman–Crippen MR) is 79.3 cm³/mol. The van der Waals surface area contributed by atoms with E-state index >= 15 is 0 Å². The molecule has 1 saturated carbocycles. The minimum absolute atomic E-state index is 0.255. The summed E-state index contributed by atoms with van der Waals surface area (Å²) in [5, 5.41) is 3.93. The summed E-state index contributed by atoms with van der Waals surface area (Å²) in [6.07, 6.45) is 10.6. The lowest BCUT2D eigenvalue weighted by molar-refractivity contribution is -0.118. The van der Waals surface area contributed by atoms with Crippen molar-refractivity contribution >= 4 is 0 Å². The van der Waals surface area contributed by atoms with Gasteiger partial charge >= 0.3 is 0 Å². The van der Waals surface area contributed by atoms with E-state index in [1.807, 2.05) is 0 Å². The lowest BCUT2D eigenvalue weighted by Gasteiger charge is -2.52. The fourth-order valence-corrected chi connectivity index (χ4v) is 5.18. The van der Waals surface area contributed by atoms with Gasteiger partial charge in [0, 0.05) is 12.1 Å². The number of hydrogen-bond acceptors (Lipinski definition) is 2. The molecule has 2 heteroatoms. The molecule has 2 nitrogen and oxygen atoms in total. The highest BCUT2D eigenvalue weighted by Crippen LogP contribution is 2.51. The molecule has 2 aliphatic heterocycles. The van der Waals surface area contributed by atoms with E-state index < -0.39 is 0 Å². The van der Waals surface area contributed by atoms with Gasteiger partial charge in [0.1, 0.15) is 0 Å².